The Hall–Kier alpha value is -3.14. The van der Waals surface area contributed by atoms with Crippen LogP contribution in [0.1, 0.15) is 31.1 Å². The number of amides is 1. The molecule has 1 saturated heterocycles. The number of aromatic nitrogens is 6. The van der Waals surface area contributed by atoms with E-state index in [4.69, 9.17) is 4.98 Å². The van der Waals surface area contributed by atoms with E-state index in [9.17, 15) is 4.79 Å². The smallest absolute Gasteiger partial charge is 0.223 e. The van der Waals surface area contributed by atoms with Crippen molar-refractivity contribution in [1.29, 1.82) is 0 Å². The molecular weight excluding hydrogens is 424 g/mol. The highest BCUT2D eigenvalue weighted by Gasteiger charge is 2.28. The number of thioether (sulfide) groups is 1. The molecule has 3 aromatic heterocycles. The number of rotatable bonds is 7. The first-order valence-corrected chi connectivity index (χ1v) is 12.3. The van der Waals surface area contributed by atoms with Crippen LogP contribution in [-0.2, 0) is 4.79 Å². The molecule has 0 spiro atoms. The molecule has 0 aliphatic carbocycles. The molecule has 1 atom stereocenters. The van der Waals surface area contributed by atoms with Crippen molar-refractivity contribution >= 4 is 40.2 Å². The Labute approximate surface area is 190 Å². The number of aromatic amines is 1. The largest absolute Gasteiger partial charge is 0.355 e. The normalized spacial score (nSPS) is 16.0. The highest BCUT2D eigenvalue weighted by Crippen LogP contribution is 2.25. The molecule has 32 heavy (non-hydrogen) atoms. The predicted octanol–water partition coefficient (Wildman–Crippen LogP) is 2.83. The number of piperidine rings is 1. The molecule has 0 saturated carbocycles. The number of fused-ring (bicyclic) bond motifs is 2. The predicted molar refractivity (Wildman–Crippen MR) is 126 cm³/mol. The standard InChI is InChI=1S/C22H26N8OS/c1-32-13-10-18(21-24-16-4-2-3-5-17(16)25-21)26-22(31)15-8-11-29(12-9-15)20-7-6-19-27-23-14-30(19)28-20/h2-7,14-15,18H,8-13H2,1H3,(H,24,25)(H,26,31)/t18-/m1/s1. The first-order chi connectivity index (χ1) is 15.7. The second-order valence-electron chi connectivity index (χ2n) is 8.07. The van der Waals surface area contributed by atoms with Crippen LogP contribution >= 0.6 is 11.8 Å². The topological polar surface area (TPSA) is 104 Å². The quantitative estimate of drug-likeness (QED) is 0.446. The summed E-state index contributed by atoms with van der Waals surface area (Å²) < 4.78 is 1.68. The van der Waals surface area contributed by atoms with Gasteiger partial charge >= 0.3 is 0 Å². The molecule has 0 unspecified atom stereocenters. The number of hydrogen-bond donors (Lipinski definition) is 2. The summed E-state index contributed by atoms with van der Waals surface area (Å²) in [4.78, 5) is 23.5. The maximum absolute atomic E-state index is 13.1. The summed E-state index contributed by atoms with van der Waals surface area (Å²) in [7, 11) is 0. The molecule has 5 rings (SSSR count). The van der Waals surface area contributed by atoms with E-state index in [2.05, 4.69) is 36.8 Å². The lowest BCUT2D eigenvalue weighted by Crippen LogP contribution is -2.42. The van der Waals surface area contributed by atoms with Gasteiger partial charge in [0.2, 0.25) is 5.91 Å². The Morgan fingerprint density at radius 2 is 2.09 bits per heavy atom. The van der Waals surface area contributed by atoms with E-state index in [-0.39, 0.29) is 17.9 Å². The Bertz CT molecular complexity index is 1180. The van der Waals surface area contributed by atoms with Gasteiger partial charge in [-0.3, -0.25) is 4.79 Å². The third kappa shape index (κ3) is 4.27. The summed E-state index contributed by atoms with van der Waals surface area (Å²) in [5.41, 5.74) is 2.65. The van der Waals surface area contributed by atoms with Crippen LogP contribution in [-0.4, -0.2) is 60.8 Å². The Balaban J connectivity index is 1.23. The average molecular weight is 451 g/mol. The van der Waals surface area contributed by atoms with Crippen molar-refractivity contribution in [3.63, 3.8) is 0 Å². The SMILES string of the molecule is CSCC[C@@H](NC(=O)C1CCN(c2ccc3nncn3n2)CC1)c1nc2ccccc2[nH]1. The van der Waals surface area contributed by atoms with Crippen LogP contribution in [0.15, 0.2) is 42.7 Å². The molecule has 10 heteroatoms. The van der Waals surface area contributed by atoms with Gasteiger partial charge in [-0.1, -0.05) is 12.1 Å². The molecule has 0 radical (unpaired) electrons. The summed E-state index contributed by atoms with van der Waals surface area (Å²) in [5, 5.41) is 15.7. The molecule has 0 bridgehead atoms. The lowest BCUT2D eigenvalue weighted by atomic mass is 9.95. The zero-order chi connectivity index (χ0) is 21.9. The highest BCUT2D eigenvalue weighted by atomic mass is 32.2. The minimum absolute atomic E-state index is 0.00829. The lowest BCUT2D eigenvalue weighted by molar-refractivity contribution is -0.126. The van der Waals surface area contributed by atoms with Crippen molar-refractivity contribution in [2.24, 2.45) is 5.92 Å². The molecule has 1 amide bonds. The monoisotopic (exact) mass is 450 g/mol. The van der Waals surface area contributed by atoms with Crippen LogP contribution in [0.2, 0.25) is 0 Å². The Morgan fingerprint density at radius 3 is 2.91 bits per heavy atom. The number of carbonyl (C=O) groups is 1. The molecule has 9 nitrogen and oxygen atoms in total. The van der Waals surface area contributed by atoms with E-state index >= 15 is 0 Å². The van der Waals surface area contributed by atoms with Gasteiger partial charge in [-0.15, -0.1) is 15.3 Å². The van der Waals surface area contributed by atoms with E-state index in [0.29, 0.717) is 0 Å². The van der Waals surface area contributed by atoms with Gasteiger partial charge in [0.25, 0.3) is 0 Å². The van der Waals surface area contributed by atoms with Crippen molar-refractivity contribution in [3.8, 4) is 0 Å². The number of hydrogen-bond acceptors (Lipinski definition) is 7. The molecule has 1 fully saturated rings. The Kier molecular flexibility index (Phi) is 5.93. The molecule has 1 aliphatic rings. The van der Waals surface area contributed by atoms with E-state index in [0.717, 1.165) is 66.4 Å². The van der Waals surface area contributed by atoms with Gasteiger partial charge in [-0.05, 0) is 55.5 Å². The van der Waals surface area contributed by atoms with Gasteiger partial charge in [0, 0.05) is 19.0 Å². The first kappa shape index (κ1) is 20.7. The molecular formula is C22H26N8OS. The van der Waals surface area contributed by atoms with Crippen LogP contribution in [0.5, 0.6) is 0 Å². The van der Waals surface area contributed by atoms with Crippen LogP contribution in [0.4, 0.5) is 5.82 Å². The number of para-hydroxylation sites is 2. The van der Waals surface area contributed by atoms with Gasteiger partial charge in [0.05, 0.1) is 17.1 Å². The van der Waals surface area contributed by atoms with Gasteiger partial charge in [0.15, 0.2) is 5.65 Å². The maximum Gasteiger partial charge on any atom is 0.223 e. The number of benzene rings is 1. The third-order valence-corrected chi connectivity index (χ3v) is 6.65. The zero-order valence-corrected chi connectivity index (χ0v) is 18.8. The van der Waals surface area contributed by atoms with Crippen LogP contribution < -0.4 is 10.2 Å². The number of carbonyl (C=O) groups excluding carboxylic acids is 1. The third-order valence-electron chi connectivity index (χ3n) is 6.00. The number of H-pyrrole nitrogens is 1. The number of nitrogens with one attached hydrogen (secondary N) is 2. The zero-order valence-electron chi connectivity index (χ0n) is 17.9. The van der Waals surface area contributed by atoms with E-state index in [1.165, 1.54) is 0 Å². The molecule has 1 aliphatic heterocycles. The Morgan fingerprint density at radius 1 is 1.25 bits per heavy atom. The molecule has 1 aromatic carbocycles. The second kappa shape index (κ2) is 9.15. The number of anilines is 1. The summed E-state index contributed by atoms with van der Waals surface area (Å²) >= 11 is 1.78. The van der Waals surface area contributed by atoms with Crippen LogP contribution in [0.25, 0.3) is 16.7 Å². The number of nitrogens with zero attached hydrogens (tertiary/aromatic N) is 6. The van der Waals surface area contributed by atoms with Crippen molar-refractivity contribution < 1.29 is 4.79 Å². The summed E-state index contributed by atoms with van der Waals surface area (Å²) in [6, 6.07) is 11.7. The van der Waals surface area contributed by atoms with Gasteiger partial charge in [-0.2, -0.15) is 16.3 Å². The minimum Gasteiger partial charge on any atom is -0.355 e. The summed E-state index contributed by atoms with van der Waals surface area (Å²) in [6.45, 7) is 1.58. The van der Waals surface area contributed by atoms with E-state index < -0.39 is 0 Å². The fourth-order valence-corrected chi connectivity index (χ4v) is 4.67. The molecule has 166 valence electrons. The average Bonchev–Trinajstić information content (AvgIpc) is 3.48. The van der Waals surface area contributed by atoms with Gasteiger partial charge in [-0.25, -0.2) is 4.98 Å². The summed E-state index contributed by atoms with van der Waals surface area (Å²) in [5.74, 6) is 2.77. The fourth-order valence-electron chi connectivity index (χ4n) is 4.20. The van der Waals surface area contributed by atoms with Crippen molar-refractivity contribution in [3.05, 3.63) is 48.5 Å². The lowest BCUT2D eigenvalue weighted by Gasteiger charge is -2.32. The van der Waals surface area contributed by atoms with E-state index in [1.807, 2.05) is 36.4 Å². The van der Waals surface area contributed by atoms with Crippen molar-refractivity contribution in [1.82, 2.24) is 35.1 Å². The highest BCUT2D eigenvalue weighted by molar-refractivity contribution is 7.98. The molecule has 4 aromatic rings. The number of imidazole rings is 1. The van der Waals surface area contributed by atoms with Crippen LogP contribution in [0.3, 0.4) is 0 Å². The minimum atomic E-state index is -0.113. The van der Waals surface area contributed by atoms with Gasteiger partial charge < -0.3 is 15.2 Å². The second-order valence-corrected chi connectivity index (χ2v) is 9.05. The van der Waals surface area contributed by atoms with Crippen molar-refractivity contribution in [2.75, 3.05) is 30.0 Å². The molecule has 4 heterocycles. The summed E-state index contributed by atoms with van der Waals surface area (Å²) in [6.07, 6.45) is 6.12. The van der Waals surface area contributed by atoms with E-state index in [1.54, 1.807) is 22.6 Å². The first-order valence-electron chi connectivity index (χ1n) is 10.9. The molecule has 2 N–H and O–H groups in total. The van der Waals surface area contributed by atoms with Gasteiger partial charge in [0.1, 0.15) is 18.0 Å². The van der Waals surface area contributed by atoms with Crippen LogP contribution in [0, 0.1) is 5.92 Å². The maximum atomic E-state index is 13.1. The fraction of sp³-hybridized carbons (Fsp3) is 0.409. The van der Waals surface area contributed by atoms with Crippen molar-refractivity contribution in [2.45, 2.75) is 25.3 Å².